The number of hydrogen-bond acceptors (Lipinski definition) is 6. The van der Waals surface area contributed by atoms with Crippen molar-refractivity contribution in [3.8, 4) is 0 Å². The van der Waals surface area contributed by atoms with Crippen molar-refractivity contribution in [2.75, 3.05) is 20.3 Å². The largest absolute Gasteiger partial charge is 0.444 e. The summed E-state index contributed by atoms with van der Waals surface area (Å²) in [6.07, 6.45) is -0.730. The molecule has 3 fully saturated rings. The number of nitrogens with zero attached hydrogens (tertiary/aromatic N) is 2. The van der Waals surface area contributed by atoms with Crippen LogP contribution >= 0.6 is 0 Å². The van der Waals surface area contributed by atoms with Crippen molar-refractivity contribution in [1.82, 2.24) is 20.5 Å². The van der Waals surface area contributed by atoms with Gasteiger partial charge in [0.15, 0.2) is 5.58 Å². The summed E-state index contributed by atoms with van der Waals surface area (Å²) in [6.45, 7) is 4.88. The van der Waals surface area contributed by atoms with E-state index in [9.17, 15) is 22.8 Å². The number of benzene rings is 1. The lowest BCUT2D eigenvalue weighted by atomic mass is 9.89. The second-order valence-electron chi connectivity index (χ2n) is 11.8. The molecule has 2 N–H and O–H groups in total. The molecule has 1 aromatic carbocycles. The number of urea groups is 1. The average molecular weight is 553 g/mol. The fourth-order valence-electron chi connectivity index (χ4n) is 5.49. The zero-order valence-electron chi connectivity index (χ0n) is 22.5. The molecule has 1 aliphatic heterocycles. The van der Waals surface area contributed by atoms with Crippen LogP contribution in [0.1, 0.15) is 70.0 Å². The molecule has 214 valence electrons. The third-order valence-electron chi connectivity index (χ3n) is 7.50. The Labute approximate surface area is 224 Å². The molecule has 0 spiro atoms. The first-order valence-electron chi connectivity index (χ1n) is 13.4. The number of halogens is 3. The van der Waals surface area contributed by atoms with Crippen molar-refractivity contribution in [1.29, 1.82) is 0 Å². The van der Waals surface area contributed by atoms with Crippen molar-refractivity contribution in [2.45, 2.75) is 76.4 Å². The van der Waals surface area contributed by atoms with Gasteiger partial charge in [-0.25, -0.2) is 14.6 Å². The van der Waals surface area contributed by atoms with Gasteiger partial charge in [-0.15, -0.1) is 0 Å². The maximum absolute atomic E-state index is 13.3. The summed E-state index contributed by atoms with van der Waals surface area (Å²) in [7, 11) is 1.43. The topological polar surface area (TPSA) is 106 Å². The molecule has 2 aliphatic carbocycles. The SMILES string of the molecule is COC[C@@H](c1ccc2oc([C@H](NC(=O)OC(C)(C)C)C(C3CC3)C3CC3)nc2c1)N1C[C@@H](C(F)(F)F)NC1=O. The highest BCUT2D eigenvalue weighted by Crippen LogP contribution is 2.54. The van der Waals surface area contributed by atoms with E-state index in [1.807, 2.05) is 5.32 Å². The van der Waals surface area contributed by atoms with Crippen LogP contribution in [0.3, 0.4) is 0 Å². The number of alkyl carbamates (subject to hydrolysis) is 1. The molecule has 2 saturated carbocycles. The number of amides is 3. The monoisotopic (exact) mass is 552 g/mol. The van der Waals surface area contributed by atoms with Crippen LogP contribution in [-0.4, -0.2) is 60.1 Å². The molecule has 39 heavy (non-hydrogen) atoms. The van der Waals surface area contributed by atoms with Gasteiger partial charge in [0.25, 0.3) is 0 Å². The zero-order chi connectivity index (χ0) is 28.1. The van der Waals surface area contributed by atoms with Crippen molar-refractivity contribution in [3.63, 3.8) is 0 Å². The summed E-state index contributed by atoms with van der Waals surface area (Å²) >= 11 is 0. The highest BCUT2D eigenvalue weighted by molar-refractivity contribution is 5.78. The molecule has 0 radical (unpaired) electrons. The zero-order valence-corrected chi connectivity index (χ0v) is 22.5. The smallest absolute Gasteiger partial charge is 0.410 e. The number of fused-ring (bicyclic) bond motifs is 1. The van der Waals surface area contributed by atoms with Crippen LogP contribution in [0.15, 0.2) is 22.6 Å². The quantitative estimate of drug-likeness (QED) is 0.427. The van der Waals surface area contributed by atoms with E-state index in [4.69, 9.17) is 18.9 Å². The van der Waals surface area contributed by atoms with E-state index in [-0.39, 0.29) is 12.5 Å². The maximum Gasteiger partial charge on any atom is 0.410 e. The lowest BCUT2D eigenvalue weighted by Gasteiger charge is -2.27. The Kier molecular flexibility index (Phi) is 7.19. The minimum absolute atomic E-state index is 0.00245. The summed E-state index contributed by atoms with van der Waals surface area (Å²) in [6, 6.07) is 1.11. The van der Waals surface area contributed by atoms with Gasteiger partial charge in [-0.1, -0.05) is 6.07 Å². The van der Waals surface area contributed by atoms with Gasteiger partial charge in [0.1, 0.15) is 23.2 Å². The molecule has 0 bridgehead atoms. The van der Waals surface area contributed by atoms with E-state index >= 15 is 0 Å². The van der Waals surface area contributed by atoms with Gasteiger partial charge in [-0.05, 0) is 81.9 Å². The van der Waals surface area contributed by atoms with Gasteiger partial charge >= 0.3 is 18.3 Å². The Balaban J connectivity index is 1.44. The van der Waals surface area contributed by atoms with Crippen molar-refractivity contribution in [3.05, 3.63) is 29.7 Å². The van der Waals surface area contributed by atoms with Crippen molar-refractivity contribution < 1.29 is 36.7 Å². The molecule has 2 heterocycles. The predicted molar refractivity (Wildman–Crippen MR) is 135 cm³/mol. The van der Waals surface area contributed by atoms with Crippen LogP contribution in [0.4, 0.5) is 22.8 Å². The summed E-state index contributed by atoms with van der Waals surface area (Å²) in [4.78, 5) is 31.1. The minimum atomic E-state index is -4.55. The number of nitrogens with one attached hydrogen (secondary N) is 2. The molecule has 3 atom stereocenters. The van der Waals surface area contributed by atoms with Crippen LogP contribution in [0, 0.1) is 17.8 Å². The fourth-order valence-corrected chi connectivity index (χ4v) is 5.49. The number of hydrogen-bond donors (Lipinski definition) is 2. The number of alkyl halides is 3. The molecule has 1 aromatic heterocycles. The first kappa shape index (κ1) is 27.5. The Bertz CT molecular complexity index is 1210. The van der Waals surface area contributed by atoms with Crippen LogP contribution in [0.2, 0.25) is 0 Å². The van der Waals surface area contributed by atoms with E-state index < -0.39 is 48.6 Å². The Morgan fingerprint density at radius 2 is 1.87 bits per heavy atom. The molecule has 1 saturated heterocycles. The number of ether oxygens (including phenoxy) is 2. The van der Waals surface area contributed by atoms with Crippen LogP contribution in [-0.2, 0) is 9.47 Å². The Morgan fingerprint density at radius 3 is 2.41 bits per heavy atom. The van der Waals surface area contributed by atoms with Crippen molar-refractivity contribution >= 4 is 23.2 Å². The van der Waals surface area contributed by atoms with Crippen LogP contribution in [0.25, 0.3) is 11.1 Å². The maximum atomic E-state index is 13.3. The van der Waals surface area contributed by atoms with E-state index in [1.54, 1.807) is 39.0 Å². The van der Waals surface area contributed by atoms with E-state index in [2.05, 4.69) is 5.32 Å². The summed E-state index contributed by atoms with van der Waals surface area (Å²) < 4.78 is 56.8. The second kappa shape index (κ2) is 10.2. The molecule has 3 amide bonds. The number of carbonyl (C=O) groups excluding carboxylic acids is 2. The number of rotatable bonds is 9. The Hall–Kier alpha value is -3.02. The molecule has 9 nitrogen and oxygen atoms in total. The molecular formula is C27H35F3N4O5. The van der Waals surface area contributed by atoms with Gasteiger partial charge in [-0.3, -0.25) is 0 Å². The number of aromatic nitrogens is 1. The van der Waals surface area contributed by atoms with Crippen molar-refractivity contribution in [2.24, 2.45) is 17.8 Å². The number of oxazole rings is 1. The minimum Gasteiger partial charge on any atom is -0.444 e. The summed E-state index contributed by atoms with van der Waals surface area (Å²) in [5.74, 6) is 1.50. The van der Waals surface area contributed by atoms with E-state index in [1.165, 1.54) is 7.11 Å². The second-order valence-corrected chi connectivity index (χ2v) is 11.8. The van der Waals surface area contributed by atoms with Gasteiger partial charge in [0.05, 0.1) is 19.2 Å². The Morgan fingerprint density at radius 1 is 1.21 bits per heavy atom. The standard InChI is InChI=1S/C27H35F3N4O5/c1-26(2,3)39-25(36)33-22(21(14-5-6-14)15-7-8-15)23-31-17-11-16(9-10-19(17)38-23)18(13-37-4)34-12-20(27(28,29)30)32-24(34)35/h9-11,14-15,18,20-22H,5-8,12-13H2,1-4H3,(H,32,35)(H,33,36)/t18-,20-,22+/m0/s1. The molecule has 5 rings (SSSR count). The molecule has 12 heteroatoms. The van der Waals surface area contributed by atoms with Gasteiger partial charge in [0, 0.05) is 7.11 Å². The van der Waals surface area contributed by atoms with Crippen LogP contribution in [0.5, 0.6) is 0 Å². The first-order chi connectivity index (χ1) is 18.3. The summed E-state index contributed by atoms with van der Waals surface area (Å²) in [5, 5.41) is 5.02. The third-order valence-corrected chi connectivity index (χ3v) is 7.50. The summed E-state index contributed by atoms with van der Waals surface area (Å²) in [5.41, 5.74) is 0.866. The lowest BCUT2D eigenvalue weighted by Crippen LogP contribution is -2.40. The number of carbonyl (C=O) groups is 2. The number of methoxy groups -OCH3 is 1. The van der Waals surface area contributed by atoms with Gasteiger partial charge < -0.3 is 29.4 Å². The van der Waals surface area contributed by atoms with E-state index in [0.717, 1.165) is 30.6 Å². The molecule has 2 aromatic rings. The lowest BCUT2D eigenvalue weighted by molar-refractivity contribution is -0.150. The molecule has 3 aliphatic rings. The average Bonchev–Trinajstić information content (AvgIpc) is 3.76. The predicted octanol–water partition coefficient (Wildman–Crippen LogP) is 5.47. The fraction of sp³-hybridized carbons (Fsp3) is 0.667. The van der Waals surface area contributed by atoms with Crippen LogP contribution < -0.4 is 10.6 Å². The highest BCUT2D eigenvalue weighted by atomic mass is 19.4. The van der Waals surface area contributed by atoms with Gasteiger partial charge in [0.2, 0.25) is 5.89 Å². The highest BCUT2D eigenvalue weighted by Gasteiger charge is 2.49. The molecular weight excluding hydrogens is 517 g/mol. The van der Waals surface area contributed by atoms with E-state index in [0.29, 0.717) is 34.4 Å². The third kappa shape index (κ3) is 6.26. The molecule has 0 unspecified atom stereocenters. The normalized spacial score (nSPS) is 21.8. The van der Waals surface area contributed by atoms with Gasteiger partial charge in [-0.2, -0.15) is 13.2 Å². The first-order valence-corrected chi connectivity index (χ1v) is 13.4.